The molecule has 0 fully saturated rings. The second-order valence-corrected chi connectivity index (χ2v) is 1.55. The van der Waals surface area contributed by atoms with E-state index in [0.717, 1.165) is 0 Å². The van der Waals surface area contributed by atoms with Crippen molar-refractivity contribution in [3.8, 4) is 0 Å². The van der Waals surface area contributed by atoms with E-state index in [0.29, 0.717) is 0 Å². The highest BCUT2D eigenvalue weighted by atomic mass is 16.7. The first kappa shape index (κ1) is 8.76. The molecule has 6 heteroatoms. The predicted octanol–water partition coefficient (Wildman–Crippen LogP) is -3.71. The number of hydrogen-bond donors (Lipinski definition) is 6. The lowest BCUT2D eigenvalue weighted by Crippen LogP contribution is -2.48. The molecule has 56 valence electrons. The van der Waals surface area contributed by atoms with Crippen LogP contribution in [0.2, 0.25) is 0 Å². The highest BCUT2D eigenvalue weighted by Crippen LogP contribution is 2.03. The SMILES string of the molecule is OC(O)C(O)C(O)(O)O. The summed E-state index contributed by atoms with van der Waals surface area (Å²) in [5, 5.41) is 48.2. The molecule has 0 spiro atoms. The Labute approximate surface area is 50.2 Å². The van der Waals surface area contributed by atoms with Crippen molar-refractivity contribution in [1.29, 1.82) is 0 Å². The van der Waals surface area contributed by atoms with Crippen LogP contribution in [0.1, 0.15) is 0 Å². The standard InChI is InChI=1S/C3H8O6/c4-1(2(5)6)3(7,8)9/h1-2,4-9H. The van der Waals surface area contributed by atoms with Gasteiger partial charge in [0.15, 0.2) is 12.4 Å². The Morgan fingerprint density at radius 3 is 1.22 bits per heavy atom. The molecule has 0 radical (unpaired) electrons. The van der Waals surface area contributed by atoms with E-state index in [4.69, 9.17) is 30.6 Å². The van der Waals surface area contributed by atoms with Gasteiger partial charge in [0, 0.05) is 0 Å². The lowest BCUT2D eigenvalue weighted by Gasteiger charge is -2.21. The average Bonchev–Trinajstić information content (AvgIpc) is 1.62. The Bertz CT molecular complexity index is 82.8. The monoisotopic (exact) mass is 140 g/mol. The topological polar surface area (TPSA) is 121 Å². The Morgan fingerprint density at radius 2 is 1.22 bits per heavy atom. The van der Waals surface area contributed by atoms with E-state index in [-0.39, 0.29) is 0 Å². The van der Waals surface area contributed by atoms with Crippen LogP contribution >= 0.6 is 0 Å². The summed E-state index contributed by atoms with van der Waals surface area (Å²) < 4.78 is 0. The molecule has 6 N–H and O–H groups in total. The van der Waals surface area contributed by atoms with Crippen LogP contribution in [0.5, 0.6) is 0 Å². The van der Waals surface area contributed by atoms with Crippen molar-refractivity contribution in [1.82, 2.24) is 0 Å². The van der Waals surface area contributed by atoms with Crippen molar-refractivity contribution in [2.24, 2.45) is 0 Å². The maximum Gasteiger partial charge on any atom is 0.308 e. The summed E-state index contributed by atoms with van der Waals surface area (Å²) in [6, 6.07) is 0. The lowest BCUT2D eigenvalue weighted by atomic mass is 10.3. The smallest absolute Gasteiger partial charge is 0.308 e. The molecule has 1 unspecified atom stereocenters. The quantitative estimate of drug-likeness (QED) is 0.219. The zero-order chi connectivity index (χ0) is 7.65. The van der Waals surface area contributed by atoms with Crippen LogP contribution in [-0.4, -0.2) is 49.0 Å². The highest BCUT2D eigenvalue weighted by molar-refractivity contribution is 4.63. The maximum absolute atomic E-state index is 8.21. The first-order valence-corrected chi connectivity index (χ1v) is 2.07. The number of aliphatic hydroxyl groups excluding tert-OH is 2. The summed E-state index contributed by atoms with van der Waals surface area (Å²) in [6.45, 7) is 0. The largest absolute Gasteiger partial charge is 0.380 e. The first-order chi connectivity index (χ1) is 3.85. The van der Waals surface area contributed by atoms with Gasteiger partial charge in [-0.2, -0.15) is 0 Å². The summed E-state index contributed by atoms with van der Waals surface area (Å²) in [4.78, 5) is 0. The van der Waals surface area contributed by atoms with Crippen LogP contribution < -0.4 is 0 Å². The second-order valence-electron chi connectivity index (χ2n) is 1.55. The summed E-state index contributed by atoms with van der Waals surface area (Å²) in [5.74, 6) is -3.46. The van der Waals surface area contributed by atoms with Crippen molar-refractivity contribution in [3.05, 3.63) is 0 Å². The van der Waals surface area contributed by atoms with E-state index in [1.54, 1.807) is 0 Å². The molecule has 9 heavy (non-hydrogen) atoms. The van der Waals surface area contributed by atoms with Crippen LogP contribution in [0.3, 0.4) is 0 Å². The van der Waals surface area contributed by atoms with E-state index in [9.17, 15) is 0 Å². The van der Waals surface area contributed by atoms with Crippen molar-refractivity contribution < 1.29 is 30.6 Å². The average molecular weight is 140 g/mol. The van der Waals surface area contributed by atoms with Crippen molar-refractivity contribution >= 4 is 0 Å². The fourth-order valence-corrected chi connectivity index (χ4v) is 0.200. The van der Waals surface area contributed by atoms with Gasteiger partial charge in [-0.05, 0) is 0 Å². The molecule has 0 aliphatic rings. The Kier molecular flexibility index (Phi) is 2.50. The molecule has 0 aromatic carbocycles. The van der Waals surface area contributed by atoms with Gasteiger partial charge in [-0.25, -0.2) is 0 Å². The number of hydrogen-bond acceptors (Lipinski definition) is 6. The lowest BCUT2D eigenvalue weighted by molar-refractivity contribution is -0.381. The fourth-order valence-electron chi connectivity index (χ4n) is 0.200. The van der Waals surface area contributed by atoms with E-state index in [2.05, 4.69) is 0 Å². The van der Waals surface area contributed by atoms with E-state index < -0.39 is 18.4 Å². The van der Waals surface area contributed by atoms with Gasteiger partial charge in [0.2, 0.25) is 0 Å². The van der Waals surface area contributed by atoms with Crippen molar-refractivity contribution in [3.63, 3.8) is 0 Å². The maximum atomic E-state index is 8.21. The molecule has 0 aliphatic heterocycles. The molecule has 0 bridgehead atoms. The van der Waals surface area contributed by atoms with Crippen LogP contribution in [0, 0.1) is 0 Å². The van der Waals surface area contributed by atoms with Gasteiger partial charge >= 0.3 is 5.97 Å². The minimum Gasteiger partial charge on any atom is -0.380 e. The Morgan fingerprint density at radius 1 is 0.889 bits per heavy atom. The summed E-state index contributed by atoms with van der Waals surface area (Å²) >= 11 is 0. The fraction of sp³-hybridized carbons (Fsp3) is 1.00. The molecule has 0 amide bonds. The molecule has 0 aliphatic carbocycles. The van der Waals surface area contributed by atoms with E-state index in [1.807, 2.05) is 0 Å². The van der Waals surface area contributed by atoms with Crippen LogP contribution in [-0.2, 0) is 0 Å². The minimum absolute atomic E-state index is 2.38. The Balaban J connectivity index is 3.88. The van der Waals surface area contributed by atoms with Crippen LogP contribution in [0.4, 0.5) is 0 Å². The molecule has 0 rings (SSSR count). The van der Waals surface area contributed by atoms with Crippen LogP contribution in [0.15, 0.2) is 0 Å². The normalized spacial score (nSPS) is 16.3. The molecule has 0 saturated heterocycles. The molecule has 0 heterocycles. The molecule has 0 aromatic heterocycles. The van der Waals surface area contributed by atoms with E-state index >= 15 is 0 Å². The molecular weight excluding hydrogens is 132 g/mol. The van der Waals surface area contributed by atoms with Gasteiger partial charge in [0.1, 0.15) is 0 Å². The summed E-state index contributed by atoms with van der Waals surface area (Å²) in [6.07, 6.45) is -4.79. The minimum atomic E-state index is -3.46. The molecule has 0 aromatic rings. The molecular formula is C3H8O6. The van der Waals surface area contributed by atoms with Gasteiger partial charge in [-0.1, -0.05) is 0 Å². The third-order valence-corrected chi connectivity index (χ3v) is 0.679. The van der Waals surface area contributed by atoms with Gasteiger partial charge in [0.25, 0.3) is 0 Å². The molecule has 6 nitrogen and oxygen atoms in total. The zero-order valence-corrected chi connectivity index (χ0v) is 4.34. The van der Waals surface area contributed by atoms with Gasteiger partial charge in [-0.15, -0.1) is 0 Å². The Hall–Kier alpha value is -0.240. The molecule has 1 atom stereocenters. The summed E-state index contributed by atoms with van der Waals surface area (Å²) in [7, 11) is 0. The first-order valence-electron chi connectivity index (χ1n) is 2.07. The third-order valence-electron chi connectivity index (χ3n) is 0.679. The van der Waals surface area contributed by atoms with E-state index in [1.165, 1.54) is 0 Å². The second kappa shape index (κ2) is 2.56. The zero-order valence-electron chi connectivity index (χ0n) is 4.34. The van der Waals surface area contributed by atoms with Crippen molar-refractivity contribution in [2.45, 2.75) is 18.4 Å². The predicted molar refractivity (Wildman–Crippen MR) is 23.6 cm³/mol. The van der Waals surface area contributed by atoms with Gasteiger partial charge < -0.3 is 30.6 Å². The third kappa shape index (κ3) is 2.70. The molecule has 0 saturated carbocycles. The van der Waals surface area contributed by atoms with Gasteiger partial charge in [-0.3, -0.25) is 0 Å². The number of rotatable bonds is 2. The highest BCUT2D eigenvalue weighted by Gasteiger charge is 2.35. The van der Waals surface area contributed by atoms with Crippen molar-refractivity contribution in [2.75, 3.05) is 0 Å². The van der Waals surface area contributed by atoms with Gasteiger partial charge in [0.05, 0.1) is 0 Å². The van der Waals surface area contributed by atoms with Crippen LogP contribution in [0.25, 0.3) is 0 Å². The summed E-state index contributed by atoms with van der Waals surface area (Å²) in [5.41, 5.74) is 0. The number of aliphatic hydroxyl groups is 6.